The Kier molecular flexibility index (Phi) is 3.29. The SMILES string of the molecule is O=C(C1CCCS1)N1CCSc2ccncc21. The van der Waals surface area contributed by atoms with E-state index in [1.807, 2.05) is 28.9 Å². The molecule has 0 spiro atoms. The van der Waals surface area contributed by atoms with Gasteiger partial charge in [-0.2, -0.15) is 0 Å². The van der Waals surface area contributed by atoms with Crippen LogP contribution in [0.15, 0.2) is 23.4 Å². The van der Waals surface area contributed by atoms with E-state index < -0.39 is 0 Å². The molecule has 3 rings (SSSR count). The lowest BCUT2D eigenvalue weighted by Gasteiger charge is -2.30. The van der Waals surface area contributed by atoms with Crippen molar-refractivity contribution < 1.29 is 4.79 Å². The number of anilines is 1. The average Bonchev–Trinajstić information content (AvgIpc) is 2.91. The van der Waals surface area contributed by atoms with Gasteiger partial charge >= 0.3 is 0 Å². The maximum absolute atomic E-state index is 12.4. The Hall–Kier alpha value is -0.680. The molecule has 0 bridgehead atoms. The molecule has 0 radical (unpaired) electrons. The second-order valence-corrected chi connectivity index (χ2v) is 6.63. The van der Waals surface area contributed by atoms with Gasteiger partial charge in [0.1, 0.15) is 0 Å². The standard InChI is InChI=1S/C12H14N2OS2/c15-12(11-2-1-6-16-11)14-5-7-17-10-3-4-13-8-9(10)14/h3-4,8,11H,1-2,5-7H2. The Morgan fingerprint density at radius 2 is 2.41 bits per heavy atom. The molecule has 1 fully saturated rings. The van der Waals surface area contributed by atoms with Crippen LogP contribution in [-0.4, -0.2) is 34.2 Å². The fraction of sp³-hybridized carbons (Fsp3) is 0.500. The molecule has 17 heavy (non-hydrogen) atoms. The Bertz CT molecular complexity index is 432. The molecular weight excluding hydrogens is 252 g/mol. The quantitative estimate of drug-likeness (QED) is 0.781. The number of hydrogen-bond donors (Lipinski definition) is 0. The van der Waals surface area contributed by atoms with E-state index in [1.54, 1.807) is 18.0 Å². The predicted molar refractivity (Wildman–Crippen MR) is 72.8 cm³/mol. The van der Waals surface area contributed by atoms with Gasteiger partial charge in [-0.1, -0.05) is 0 Å². The van der Waals surface area contributed by atoms with Crippen molar-refractivity contribution in [2.24, 2.45) is 0 Å². The summed E-state index contributed by atoms with van der Waals surface area (Å²) in [7, 11) is 0. The molecule has 1 aromatic rings. The zero-order valence-electron chi connectivity index (χ0n) is 9.46. The van der Waals surface area contributed by atoms with Gasteiger partial charge in [0.2, 0.25) is 5.91 Å². The second kappa shape index (κ2) is 4.90. The second-order valence-electron chi connectivity index (χ2n) is 4.18. The summed E-state index contributed by atoms with van der Waals surface area (Å²) < 4.78 is 0. The highest BCUT2D eigenvalue weighted by Gasteiger charge is 2.31. The van der Waals surface area contributed by atoms with Crippen LogP contribution in [0.5, 0.6) is 0 Å². The summed E-state index contributed by atoms with van der Waals surface area (Å²) in [5.74, 6) is 2.39. The van der Waals surface area contributed by atoms with Crippen LogP contribution in [0.2, 0.25) is 0 Å². The third-order valence-corrected chi connectivity index (χ3v) is 5.50. The monoisotopic (exact) mass is 266 g/mol. The van der Waals surface area contributed by atoms with Gasteiger partial charge in [0.15, 0.2) is 0 Å². The van der Waals surface area contributed by atoms with E-state index in [4.69, 9.17) is 0 Å². The molecule has 5 heteroatoms. The van der Waals surface area contributed by atoms with E-state index in [2.05, 4.69) is 4.98 Å². The predicted octanol–water partition coefficient (Wildman–Crippen LogP) is 2.42. The van der Waals surface area contributed by atoms with Gasteiger partial charge in [0.25, 0.3) is 0 Å². The number of pyridine rings is 1. The van der Waals surface area contributed by atoms with Crippen molar-refractivity contribution in [3.63, 3.8) is 0 Å². The van der Waals surface area contributed by atoms with E-state index in [0.717, 1.165) is 30.2 Å². The van der Waals surface area contributed by atoms with Crippen molar-refractivity contribution in [2.75, 3.05) is 23.0 Å². The minimum atomic E-state index is 0.172. The summed E-state index contributed by atoms with van der Waals surface area (Å²) in [5.41, 5.74) is 1.00. The zero-order valence-corrected chi connectivity index (χ0v) is 11.1. The van der Waals surface area contributed by atoms with Gasteiger partial charge in [0, 0.05) is 23.4 Å². The van der Waals surface area contributed by atoms with Crippen LogP contribution in [0, 0.1) is 0 Å². The van der Waals surface area contributed by atoms with Crippen molar-refractivity contribution >= 4 is 35.1 Å². The van der Waals surface area contributed by atoms with Crippen LogP contribution in [0.1, 0.15) is 12.8 Å². The Labute approximate surface area is 109 Å². The molecule has 90 valence electrons. The van der Waals surface area contributed by atoms with Crippen molar-refractivity contribution in [1.82, 2.24) is 4.98 Å². The molecule has 1 amide bonds. The van der Waals surface area contributed by atoms with Gasteiger partial charge in [0.05, 0.1) is 17.1 Å². The Morgan fingerprint density at radius 3 is 3.24 bits per heavy atom. The van der Waals surface area contributed by atoms with Crippen molar-refractivity contribution in [2.45, 2.75) is 23.0 Å². The molecule has 0 saturated carbocycles. The van der Waals surface area contributed by atoms with Gasteiger partial charge in [-0.3, -0.25) is 9.78 Å². The van der Waals surface area contributed by atoms with Crippen LogP contribution in [0.3, 0.4) is 0 Å². The highest BCUT2D eigenvalue weighted by molar-refractivity contribution is 8.00. The fourth-order valence-corrected chi connectivity index (χ4v) is 4.42. The molecule has 0 aromatic carbocycles. The lowest BCUT2D eigenvalue weighted by atomic mass is 10.2. The van der Waals surface area contributed by atoms with Crippen LogP contribution in [0.4, 0.5) is 5.69 Å². The highest BCUT2D eigenvalue weighted by Crippen LogP contribution is 2.36. The molecule has 1 aromatic heterocycles. The molecule has 3 heterocycles. The molecule has 3 nitrogen and oxygen atoms in total. The summed E-state index contributed by atoms with van der Waals surface area (Å²) in [6.07, 6.45) is 5.81. The highest BCUT2D eigenvalue weighted by atomic mass is 32.2. The van der Waals surface area contributed by atoms with E-state index in [1.165, 1.54) is 11.3 Å². The number of rotatable bonds is 1. The van der Waals surface area contributed by atoms with Gasteiger partial charge in [-0.15, -0.1) is 23.5 Å². The van der Waals surface area contributed by atoms with Crippen LogP contribution in [-0.2, 0) is 4.79 Å². The van der Waals surface area contributed by atoms with E-state index >= 15 is 0 Å². The summed E-state index contributed by atoms with van der Waals surface area (Å²) >= 11 is 3.61. The first-order valence-electron chi connectivity index (χ1n) is 5.86. The molecule has 2 aliphatic heterocycles. The molecule has 1 unspecified atom stereocenters. The number of carbonyl (C=O) groups is 1. The smallest absolute Gasteiger partial charge is 0.240 e. The number of hydrogen-bond acceptors (Lipinski definition) is 4. The molecule has 0 aliphatic carbocycles. The largest absolute Gasteiger partial charge is 0.308 e. The van der Waals surface area contributed by atoms with Gasteiger partial charge in [-0.25, -0.2) is 0 Å². The van der Waals surface area contributed by atoms with Crippen LogP contribution < -0.4 is 4.90 Å². The number of thioether (sulfide) groups is 2. The third kappa shape index (κ3) is 2.18. The Balaban J connectivity index is 1.86. The maximum Gasteiger partial charge on any atom is 0.240 e. The number of fused-ring (bicyclic) bond motifs is 1. The maximum atomic E-state index is 12.4. The summed E-state index contributed by atoms with van der Waals surface area (Å²) in [5, 5.41) is 0.172. The number of amides is 1. The molecule has 1 atom stereocenters. The summed E-state index contributed by atoms with van der Waals surface area (Å²) in [4.78, 5) is 19.7. The fourth-order valence-electron chi connectivity index (χ4n) is 2.24. The topological polar surface area (TPSA) is 33.2 Å². The first kappa shape index (κ1) is 11.4. The first-order chi connectivity index (χ1) is 8.36. The number of nitrogens with zero attached hydrogens (tertiary/aromatic N) is 2. The van der Waals surface area contributed by atoms with Gasteiger partial charge < -0.3 is 4.90 Å². The van der Waals surface area contributed by atoms with Gasteiger partial charge in [-0.05, 0) is 24.7 Å². The molecule has 0 N–H and O–H groups in total. The van der Waals surface area contributed by atoms with Crippen molar-refractivity contribution in [3.8, 4) is 0 Å². The number of aromatic nitrogens is 1. The van der Waals surface area contributed by atoms with Crippen molar-refractivity contribution in [3.05, 3.63) is 18.5 Å². The summed E-state index contributed by atoms with van der Waals surface area (Å²) in [6, 6.07) is 2.00. The molecule has 1 saturated heterocycles. The molecular formula is C12H14N2OS2. The minimum absolute atomic E-state index is 0.172. The number of carbonyl (C=O) groups excluding carboxylic acids is 1. The summed E-state index contributed by atoms with van der Waals surface area (Å²) in [6.45, 7) is 0.819. The van der Waals surface area contributed by atoms with Crippen LogP contribution in [0.25, 0.3) is 0 Å². The van der Waals surface area contributed by atoms with Crippen molar-refractivity contribution in [1.29, 1.82) is 0 Å². The Morgan fingerprint density at radius 1 is 1.47 bits per heavy atom. The average molecular weight is 266 g/mol. The van der Waals surface area contributed by atoms with E-state index in [9.17, 15) is 4.79 Å². The van der Waals surface area contributed by atoms with Crippen LogP contribution >= 0.6 is 23.5 Å². The molecule has 2 aliphatic rings. The van der Waals surface area contributed by atoms with E-state index in [-0.39, 0.29) is 11.2 Å². The normalized spacial score (nSPS) is 23.5. The minimum Gasteiger partial charge on any atom is -0.308 e. The van der Waals surface area contributed by atoms with E-state index in [0.29, 0.717) is 0 Å². The lowest BCUT2D eigenvalue weighted by Crippen LogP contribution is -2.40. The lowest BCUT2D eigenvalue weighted by molar-refractivity contribution is -0.118. The zero-order chi connectivity index (χ0) is 11.7. The third-order valence-electron chi connectivity index (χ3n) is 3.10. The first-order valence-corrected chi connectivity index (χ1v) is 7.89.